The maximum absolute atomic E-state index is 13.2. The average Bonchev–Trinajstić information content (AvgIpc) is 2.26. The van der Waals surface area contributed by atoms with E-state index in [1.165, 1.54) is 12.1 Å². The minimum absolute atomic E-state index is 0.301. The highest BCUT2D eigenvalue weighted by Crippen LogP contribution is 2.28. The fraction of sp³-hybridized carbons (Fsp3) is 0.571. The molecule has 3 heteroatoms. The lowest BCUT2D eigenvalue weighted by molar-refractivity contribution is 0.199. The number of hydrogen-bond acceptors (Lipinski definition) is 2. The van der Waals surface area contributed by atoms with Crippen molar-refractivity contribution >= 4 is 5.69 Å². The number of aliphatic hydroxyl groups excluding tert-OH is 1. The number of anilines is 1. The highest BCUT2D eigenvalue weighted by atomic mass is 19.1. The van der Waals surface area contributed by atoms with E-state index in [-0.39, 0.29) is 5.82 Å². The lowest BCUT2D eigenvalue weighted by atomic mass is 10.1. The van der Waals surface area contributed by atoms with Gasteiger partial charge in [0, 0.05) is 23.8 Å². The number of hydrogen-bond donors (Lipinski definition) is 1. The summed E-state index contributed by atoms with van der Waals surface area (Å²) in [6.45, 7) is 8.89. The van der Waals surface area contributed by atoms with Gasteiger partial charge in [-0.05, 0) is 45.4 Å². The number of benzene rings is 1. The molecule has 0 spiro atoms. The zero-order valence-electron chi connectivity index (χ0n) is 11.1. The van der Waals surface area contributed by atoms with E-state index >= 15 is 0 Å². The zero-order valence-corrected chi connectivity index (χ0v) is 11.1. The Morgan fingerprint density at radius 3 is 2.41 bits per heavy atom. The van der Waals surface area contributed by atoms with E-state index in [0.29, 0.717) is 11.6 Å². The van der Waals surface area contributed by atoms with Crippen molar-refractivity contribution in [3.63, 3.8) is 0 Å². The standard InChI is InChI=1S/C14H22FNO/c1-5-8-16(10(2)3)14-7-6-12(15)9-13(14)11(4)17/h6-7,9-11,17H,5,8H2,1-4H3/t11-/m1/s1. The third-order valence-electron chi connectivity index (χ3n) is 2.84. The van der Waals surface area contributed by atoms with Crippen molar-refractivity contribution in [2.24, 2.45) is 0 Å². The minimum atomic E-state index is -0.654. The van der Waals surface area contributed by atoms with Crippen LogP contribution in [-0.4, -0.2) is 17.7 Å². The second-order valence-electron chi connectivity index (χ2n) is 4.67. The third kappa shape index (κ3) is 3.43. The van der Waals surface area contributed by atoms with Crippen LogP contribution in [0.25, 0.3) is 0 Å². The molecule has 2 nitrogen and oxygen atoms in total. The van der Waals surface area contributed by atoms with Crippen molar-refractivity contribution in [3.8, 4) is 0 Å². The van der Waals surface area contributed by atoms with Crippen LogP contribution in [-0.2, 0) is 0 Å². The number of aliphatic hydroxyl groups is 1. The van der Waals surface area contributed by atoms with Crippen LogP contribution >= 0.6 is 0 Å². The van der Waals surface area contributed by atoms with Crippen molar-refractivity contribution in [3.05, 3.63) is 29.6 Å². The lowest BCUT2D eigenvalue weighted by Crippen LogP contribution is -2.32. The fourth-order valence-electron chi connectivity index (χ4n) is 2.02. The normalized spacial score (nSPS) is 12.9. The first-order chi connectivity index (χ1) is 7.97. The van der Waals surface area contributed by atoms with Gasteiger partial charge in [0.2, 0.25) is 0 Å². The number of halogens is 1. The summed E-state index contributed by atoms with van der Waals surface area (Å²) >= 11 is 0. The van der Waals surface area contributed by atoms with Gasteiger partial charge in [0.05, 0.1) is 6.10 Å². The molecule has 0 bridgehead atoms. The Kier molecular flexibility index (Phi) is 4.94. The fourth-order valence-corrected chi connectivity index (χ4v) is 2.02. The van der Waals surface area contributed by atoms with Gasteiger partial charge in [0.25, 0.3) is 0 Å². The minimum Gasteiger partial charge on any atom is -0.389 e. The molecule has 0 saturated carbocycles. The van der Waals surface area contributed by atoms with E-state index in [1.54, 1.807) is 13.0 Å². The third-order valence-corrected chi connectivity index (χ3v) is 2.84. The molecule has 0 saturated heterocycles. The van der Waals surface area contributed by atoms with Crippen LogP contribution in [0.5, 0.6) is 0 Å². The van der Waals surface area contributed by atoms with Gasteiger partial charge in [-0.25, -0.2) is 4.39 Å². The summed E-state index contributed by atoms with van der Waals surface area (Å²) in [4.78, 5) is 2.20. The van der Waals surface area contributed by atoms with Crippen molar-refractivity contribution in [2.45, 2.75) is 46.3 Å². The smallest absolute Gasteiger partial charge is 0.123 e. The monoisotopic (exact) mass is 239 g/mol. The first-order valence-corrected chi connectivity index (χ1v) is 6.21. The molecule has 1 rings (SSSR count). The lowest BCUT2D eigenvalue weighted by Gasteiger charge is -2.31. The van der Waals surface area contributed by atoms with Crippen LogP contribution in [0.3, 0.4) is 0 Å². The summed E-state index contributed by atoms with van der Waals surface area (Å²) in [5.74, 6) is -0.301. The molecule has 0 radical (unpaired) electrons. The molecular weight excluding hydrogens is 217 g/mol. The average molecular weight is 239 g/mol. The predicted octanol–water partition coefficient (Wildman–Crippen LogP) is 3.50. The molecule has 0 fully saturated rings. The molecule has 1 aromatic carbocycles. The van der Waals surface area contributed by atoms with Gasteiger partial charge in [-0.15, -0.1) is 0 Å². The van der Waals surface area contributed by atoms with Crippen molar-refractivity contribution in [1.29, 1.82) is 0 Å². The van der Waals surface area contributed by atoms with Crippen molar-refractivity contribution in [1.82, 2.24) is 0 Å². The Hall–Kier alpha value is -1.09. The first kappa shape index (κ1) is 14.0. The van der Waals surface area contributed by atoms with Crippen LogP contribution in [0, 0.1) is 5.82 Å². The molecule has 0 aliphatic rings. The van der Waals surface area contributed by atoms with Gasteiger partial charge >= 0.3 is 0 Å². The molecule has 0 aromatic heterocycles. The van der Waals surface area contributed by atoms with Crippen LogP contribution in [0.15, 0.2) is 18.2 Å². The molecule has 0 unspecified atom stereocenters. The van der Waals surface area contributed by atoms with Crippen LogP contribution in [0.1, 0.15) is 45.8 Å². The highest BCUT2D eigenvalue weighted by Gasteiger charge is 2.16. The molecule has 1 atom stereocenters. The second-order valence-corrected chi connectivity index (χ2v) is 4.67. The molecule has 96 valence electrons. The van der Waals surface area contributed by atoms with Crippen LogP contribution < -0.4 is 4.90 Å². The Labute approximate surface area is 103 Å². The van der Waals surface area contributed by atoms with Gasteiger partial charge in [0.1, 0.15) is 5.82 Å². The molecular formula is C14H22FNO. The molecule has 0 aliphatic carbocycles. The SMILES string of the molecule is CCCN(c1ccc(F)cc1[C@@H](C)O)C(C)C. The Bertz CT molecular complexity index is 363. The molecule has 1 N–H and O–H groups in total. The van der Waals surface area contributed by atoms with E-state index in [4.69, 9.17) is 0 Å². The summed E-state index contributed by atoms with van der Waals surface area (Å²) in [6, 6.07) is 4.96. The highest BCUT2D eigenvalue weighted by molar-refractivity contribution is 5.55. The van der Waals surface area contributed by atoms with E-state index in [0.717, 1.165) is 18.7 Å². The van der Waals surface area contributed by atoms with Gasteiger partial charge in [-0.1, -0.05) is 6.92 Å². The van der Waals surface area contributed by atoms with E-state index in [2.05, 4.69) is 25.7 Å². The van der Waals surface area contributed by atoms with E-state index in [1.807, 2.05) is 0 Å². The van der Waals surface area contributed by atoms with E-state index < -0.39 is 6.10 Å². The molecule has 1 aromatic rings. The first-order valence-electron chi connectivity index (χ1n) is 6.21. The van der Waals surface area contributed by atoms with E-state index in [9.17, 15) is 9.50 Å². The topological polar surface area (TPSA) is 23.5 Å². The van der Waals surface area contributed by atoms with Gasteiger partial charge in [-0.2, -0.15) is 0 Å². The molecule has 0 amide bonds. The summed E-state index contributed by atoms with van der Waals surface area (Å²) < 4.78 is 13.2. The molecule has 0 aliphatic heterocycles. The summed E-state index contributed by atoms with van der Waals surface area (Å²) in [7, 11) is 0. The number of nitrogens with zero attached hydrogens (tertiary/aromatic N) is 1. The number of rotatable bonds is 5. The largest absolute Gasteiger partial charge is 0.389 e. The summed E-state index contributed by atoms with van der Waals surface area (Å²) in [6.07, 6.45) is 0.369. The van der Waals surface area contributed by atoms with Crippen LogP contribution in [0.2, 0.25) is 0 Å². The Balaban J connectivity index is 3.17. The van der Waals surface area contributed by atoms with Crippen molar-refractivity contribution < 1.29 is 9.50 Å². The van der Waals surface area contributed by atoms with Gasteiger partial charge in [0.15, 0.2) is 0 Å². The predicted molar refractivity (Wildman–Crippen MR) is 69.8 cm³/mol. The molecule has 17 heavy (non-hydrogen) atoms. The van der Waals surface area contributed by atoms with Gasteiger partial charge < -0.3 is 10.0 Å². The Morgan fingerprint density at radius 1 is 1.29 bits per heavy atom. The zero-order chi connectivity index (χ0) is 13.0. The van der Waals surface area contributed by atoms with Crippen LogP contribution in [0.4, 0.5) is 10.1 Å². The van der Waals surface area contributed by atoms with Crippen molar-refractivity contribution in [2.75, 3.05) is 11.4 Å². The van der Waals surface area contributed by atoms with Gasteiger partial charge in [-0.3, -0.25) is 0 Å². The second kappa shape index (κ2) is 6.01. The Morgan fingerprint density at radius 2 is 1.94 bits per heavy atom. The maximum Gasteiger partial charge on any atom is 0.123 e. The summed E-state index contributed by atoms with van der Waals surface area (Å²) in [5.41, 5.74) is 1.59. The molecule has 0 heterocycles. The summed E-state index contributed by atoms with van der Waals surface area (Å²) in [5, 5.41) is 9.73. The quantitative estimate of drug-likeness (QED) is 0.850. The maximum atomic E-state index is 13.2.